The average molecular weight is 434 g/mol. The Bertz CT molecular complexity index is 1110. The number of nitrogens with two attached hydrogens (primary N) is 1. The maximum atomic E-state index is 12.6. The van der Waals surface area contributed by atoms with Gasteiger partial charge < -0.3 is 9.30 Å². The van der Waals surface area contributed by atoms with Crippen molar-refractivity contribution in [3.8, 4) is 0 Å². The molecule has 1 heterocycles. The van der Waals surface area contributed by atoms with Gasteiger partial charge in [0.2, 0.25) is 10.0 Å². The zero-order valence-electron chi connectivity index (χ0n) is 16.2. The lowest BCUT2D eigenvalue weighted by molar-refractivity contribution is -0.142. The molecule has 154 valence electrons. The Hall–Kier alpha value is -2.36. The highest BCUT2D eigenvalue weighted by atomic mass is 32.2. The summed E-state index contributed by atoms with van der Waals surface area (Å²) in [4.78, 5) is 17.3. The molecule has 3 aromatic rings. The maximum Gasteiger partial charge on any atom is 0.324 e. The van der Waals surface area contributed by atoms with Crippen molar-refractivity contribution in [3.05, 3.63) is 54.1 Å². The fourth-order valence-corrected chi connectivity index (χ4v) is 4.67. The summed E-state index contributed by atoms with van der Waals surface area (Å²) in [6.07, 6.45) is 0.853. The molecule has 3 rings (SSSR count). The predicted molar refractivity (Wildman–Crippen MR) is 113 cm³/mol. The van der Waals surface area contributed by atoms with Gasteiger partial charge in [-0.15, -0.1) is 0 Å². The number of aryl methyl sites for hydroxylation is 1. The lowest BCUT2D eigenvalue weighted by Crippen LogP contribution is -2.14. The van der Waals surface area contributed by atoms with Crippen LogP contribution in [0.2, 0.25) is 0 Å². The number of thioether (sulfide) groups is 1. The van der Waals surface area contributed by atoms with Gasteiger partial charge in [0.05, 0.1) is 22.5 Å². The second kappa shape index (κ2) is 8.98. The van der Waals surface area contributed by atoms with E-state index in [-0.39, 0.29) is 17.5 Å². The van der Waals surface area contributed by atoms with Crippen molar-refractivity contribution in [2.45, 2.75) is 42.1 Å². The molecule has 1 atom stereocenters. The van der Waals surface area contributed by atoms with Gasteiger partial charge in [-0.25, -0.2) is 18.5 Å². The molecule has 0 amide bonds. The van der Waals surface area contributed by atoms with E-state index in [9.17, 15) is 13.2 Å². The number of sulfonamides is 1. The van der Waals surface area contributed by atoms with E-state index in [1.165, 1.54) is 23.9 Å². The summed E-state index contributed by atoms with van der Waals surface area (Å²) in [5, 5.41) is 5.29. The van der Waals surface area contributed by atoms with Gasteiger partial charge in [0.1, 0.15) is 5.25 Å². The minimum atomic E-state index is -3.83. The Morgan fingerprint density at radius 1 is 1.21 bits per heavy atom. The highest BCUT2D eigenvalue weighted by Crippen LogP contribution is 2.37. The van der Waals surface area contributed by atoms with Gasteiger partial charge in [0, 0.05) is 6.54 Å². The fourth-order valence-electron chi connectivity index (χ4n) is 3.00. The molecule has 7 nitrogen and oxygen atoms in total. The highest BCUT2D eigenvalue weighted by molar-refractivity contribution is 8.00. The minimum absolute atomic E-state index is 0.00713. The lowest BCUT2D eigenvalue weighted by Gasteiger charge is -2.16. The van der Waals surface area contributed by atoms with E-state index in [0.29, 0.717) is 17.2 Å². The first kappa shape index (κ1) is 21.4. The Labute approximate surface area is 174 Å². The van der Waals surface area contributed by atoms with Crippen LogP contribution in [0.1, 0.15) is 31.1 Å². The van der Waals surface area contributed by atoms with Crippen LogP contribution in [0, 0.1) is 0 Å². The highest BCUT2D eigenvalue weighted by Gasteiger charge is 2.26. The van der Waals surface area contributed by atoms with Crippen molar-refractivity contribution in [3.63, 3.8) is 0 Å². The summed E-state index contributed by atoms with van der Waals surface area (Å²) in [5.41, 5.74) is 2.12. The molecule has 0 fully saturated rings. The zero-order valence-corrected chi connectivity index (χ0v) is 17.9. The average Bonchev–Trinajstić information content (AvgIpc) is 3.03. The third kappa shape index (κ3) is 4.80. The van der Waals surface area contributed by atoms with Crippen molar-refractivity contribution in [1.82, 2.24) is 9.55 Å². The number of benzene rings is 2. The molecule has 0 aliphatic rings. The smallest absolute Gasteiger partial charge is 0.324 e. The molecular formula is C20H23N3O4S2. The molecule has 0 aliphatic carbocycles. The molecule has 1 unspecified atom stereocenters. The third-order valence-electron chi connectivity index (χ3n) is 4.29. The molecule has 9 heteroatoms. The number of hydrogen-bond acceptors (Lipinski definition) is 6. The number of rotatable bonds is 8. The van der Waals surface area contributed by atoms with Crippen LogP contribution in [0.15, 0.2) is 58.6 Å². The molecule has 0 saturated heterocycles. The summed E-state index contributed by atoms with van der Waals surface area (Å²) in [7, 11) is -3.83. The van der Waals surface area contributed by atoms with Crippen molar-refractivity contribution in [1.29, 1.82) is 0 Å². The Balaban J connectivity index is 2.08. The fraction of sp³-hybridized carbons (Fsp3) is 0.300. The summed E-state index contributed by atoms with van der Waals surface area (Å²) in [6, 6.07) is 14.0. The van der Waals surface area contributed by atoms with Crippen LogP contribution in [0.4, 0.5) is 0 Å². The summed E-state index contributed by atoms with van der Waals surface area (Å²) in [6.45, 7) is 4.77. The molecule has 2 N–H and O–H groups in total. The zero-order chi connectivity index (χ0) is 21.0. The van der Waals surface area contributed by atoms with Crippen molar-refractivity contribution < 1.29 is 17.9 Å². The second-order valence-corrected chi connectivity index (χ2v) is 9.04. The van der Waals surface area contributed by atoms with E-state index in [1.54, 1.807) is 13.0 Å². The molecule has 0 spiro atoms. The molecule has 0 radical (unpaired) electrons. The number of hydrogen-bond donors (Lipinski definition) is 1. The van der Waals surface area contributed by atoms with E-state index in [2.05, 4.69) is 4.98 Å². The van der Waals surface area contributed by atoms with Gasteiger partial charge in [-0.2, -0.15) is 0 Å². The van der Waals surface area contributed by atoms with E-state index in [0.717, 1.165) is 17.5 Å². The van der Waals surface area contributed by atoms with Crippen LogP contribution in [-0.4, -0.2) is 30.5 Å². The summed E-state index contributed by atoms with van der Waals surface area (Å²) in [5.74, 6) is -0.343. The van der Waals surface area contributed by atoms with Crippen LogP contribution < -0.4 is 5.14 Å². The SMILES string of the molecule is CCCn1c(SC(C(=O)OCC)c2ccccc2)nc2cc(S(N)(=O)=O)ccc21. The topological polar surface area (TPSA) is 104 Å². The van der Waals surface area contributed by atoms with Crippen LogP contribution in [0.3, 0.4) is 0 Å². The van der Waals surface area contributed by atoms with Crippen LogP contribution in [0.25, 0.3) is 11.0 Å². The number of carbonyl (C=O) groups is 1. The molecule has 0 bridgehead atoms. The maximum absolute atomic E-state index is 12.6. The molecular weight excluding hydrogens is 410 g/mol. The first-order chi connectivity index (χ1) is 13.8. The minimum Gasteiger partial charge on any atom is -0.465 e. The third-order valence-corrected chi connectivity index (χ3v) is 6.42. The number of imidazole rings is 1. The number of ether oxygens (including phenoxy) is 1. The molecule has 1 aromatic heterocycles. The van der Waals surface area contributed by atoms with Gasteiger partial charge in [0.15, 0.2) is 5.16 Å². The number of carbonyl (C=O) groups excluding carboxylic acids is 1. The quantitative estimate of drug-likeness (QED) is 0.431. The largest absolute Gasteiger partial charge is 0.465 e. The first-order valence-electron chi connectivity index (χ1n) is 9.26. The van der Waals surface area contributed by atoms with Gasteiger partial charge in [-0.05, 0) is 37.1 Å². The van der Waals surface area contributed by atoms with Crippen molar-refractivity contribution in [2.24, 2.45) is 5.14 Å². The predicted octanol–water partition coefficient (Wildman–Crippen LogP) is 3.49. The van der Waals surface area contributed by atoms with Gasteiger partial charge in [-0.1, -0.05) is 49.0 Å². The number of esters is 1. The molecule has 2 aromatic carbocycles. The van der Waals surface area contributed by atoms with Crippen LogP contribution in [0.5, 0.6) is 0 Å². The Morgan fingerprint density at radius 3 is 2.55 bits per heavy atom. The number of aromatic nitrogens is 2. The normalized spacial score (nSPS) is 12.8. The number of nitrogens with zero attached hydrogens (tertiary/aromatic N) is 2. The van der Waals surface area contributed by atoms with Crippen molar-refractivity contribution in [2.75, 3.05) is 6.61 Å². The van der Waals surface area contributed by atoms with Gasteiger partial charge in [-0.3, -0.25) is 4.79 Å². The van der Waals surface area contributed by atoms with Crippen LogP contribution in [-0.2, 0) is 26.1 Å². The summed E-state index contributed by atoms with van der Waals surface area (Å²) < 4.78 is 30.7. The van der Waals surface area contributed by atoms with Crippen molar-refractivity contribution >= 4 is 38.8 Å². The first-order valence-corrected chi connectivity index (χ1v) is 11.7. The van der Waals surface area contributed by atoms with Gasteiger partial charge in [0.25, 0.3) is 0 Å². The van der Waals surface area contributed by atoms with E-state index >= 15 is 0 Å². The Kier molecular flexibility index (Phi) is 6.61. The van der Waals surface area contributed by atoms with Crippen LogP contribution >= 0.6 is 11.8 Å². The Morgan fingerprint density at radius 2 is 1.93 bits per heavy atom. The summed E-state index contributed by atoms with van der Waals surface area (Å²) >= 11 is 1.29. The van der Waals surface area contributed by atoms with Gasteiger partial charge >= 0.3 is 5.97 Å². The molecule has 0 aliphatic heterocycles. The lowest BCUT2D eigenvalue weighted by atomic mass is 10.1. The monoisotopic (exact) mass is 433 g/mol. The van der Waals surface area contributed by atoms with E-state index < -0.39 is 15.3 Å². The molecule has 29 heavy (non-hydrogen) atoms. The van der Waals surface area contributed by atoms with E-state index in [1.807, 2.05) is 41.8 Å². The number of primary sulfonamides is 1. The van der Waals surface area contributed by atoms with E-state index in [4.69, 9.17) is 9.88 Å². The standard InChI is InChI=1S/C20H23N3O4S2/c1-3-12-23-17-11-10-15(29(21,25)26)13-16(17)22-20(23)28-18(19(24)27-4-2)14-8-6-5-7-9-14/h5-11,13,18H,3-4,12H2,1-2H3,(H2,21,25,26). The second-order valence-electron chi connectivity index (χ2n) is 6.40. The number of fused-ring (bicyclic) bond motifs is 1. The molecule has 0 saturated carbocycles.